The van der Waals surface area contributed by atoms with Crippen LogP contribution in [0.25, 0.3) is 0 Å². The zero-order valence-electron chi connectivity index (χ0n) is 16.2. The number of hydrogen-bond donors (Lipinski definition) is 2. The van der Waals surface area contributed by atoms with Crippen LogP contribution in [0.1, 0.15) is 16.8 Å². The second-order valence-electron chi connectivity index (χ2n) is 6.21. The van der Waals surface area contributed by atoms with Gasteiger partial charge < -0.3 is 15.4 Å². The summed E-state index contributed by atoms with van der Waals surface area (Å²) in [6.07, 6.45) is -0.00680. The van der Waals surface area contributed by atoms with Crippen molar-refractivity contribution in [1.29, 1.82) is 0 Å². The number of carbonyl (C=O) groups excluding carboxylic acids is 2. The van der Waals surface area contributed by atoms with Crippen molar-refractivity contribution in [2.45, 2.75) is 11.3 Å². The summed E-state index contributed by atoms with van der Waals surface area (Å²) in [5.41, 5.74) is 0.655. The van der Waals surface area contributed by atoms with Crippen LogP contribution in [-0.2, 0) is 14.8 Å². The first-order valence-electron chi connectivity index (χ1n) is 8.59. The quantitative estimate of drug-likeness (QED) is 0.657. The Morgan fingerprint density at radius 2 is 1.76 bits per heavy atom. The Balaban J connectivity index is 2.00. The predicted octanol–water partition coefficient (Wildman–Crippen LogP) is 2.36. The van der Waals surface area contributed by atoms with E-state index in [2.05, 4.69) is 10.6 Å². The molecule has 29 heavy (non-hydrogen) atoms. The minimum Gasteiger partial charge on any atom is -0.495 e. The van der Waals surface area contributed by atoms with Crippen molar-refractivity contribution in [2.75, 3.05) is 33.1 Å². The first kappa shape index (κ1) is 22.7. The third-order valence-corrected chi connectivity index (χ3v) is 6.03. The molecule has 8 nitrogen and oxygen atoms in total. The van der Waals surface area contributed by atoms with E-state index >= 15 is 0 Å². The molecular formula is C19H22ClN3O5S. The number of halogens is 1. The SMILES string of the molecule is COc1ccc(S(=O)(=O)N(C)C)cc1NC(=O)CCNC(=O)c1ccc(Cl)cc1. The monoisotopic (exact) mass is 439 g/mol. The lowest BCUT2D eigenvalue weighted by Gasteiger charge is -2.15. The number of hydrogen-bond acceptors (Lipinski definition) is 5. The maximum Gasteiger partial charge on any atom is 0.251 e. The summed E-state index contributed by atoms with van der Waals surface area (Å²) >= 11 is 5.79. The van der Waals surface area contributed by atoms with Gasteiger partial charge in [0.05, 0.1) is 17.7 Å². The first-order valence-corrected chi connectivity index (χ1v) is 10.4. The van der Waals surface area contributed by atoms with Crippen LogP contribution in [0, 0.1) is 0 Å². The summed E-state index contributed by atoms with van der Waals surface area (Å²) in [5.74, 6) is -0.411. The van der Waals surface area contributed by atoms with Gasteiger partial charge in [-0.05, 0) is 42.5 Å². The third-order valence-electron chi connectivity index (χ3n) is 3.97. The normalized spacial score (nSPS) is 11.2. The fraction of sp³-hybridized carbons (Fsp3) is 0.263. The molecule has 0 saturated carbocycles. The van der Waals surface area contributed by atoms with Crippen LogP contribution < -0.4 is 15.4 Å². The van der Waals surface area contributed by atoms with Crippen LogP contribution in [0.3, 0.4) is 0 Å². The van der Waals surface area contributed by atoms with Crippen LogP contribution in [0.2, 0.25) is 5.02 Å². The fourth-order valence-corrected chi connectivity index (χ4v) is 3.42. The van der Waals surface area contributed by atoms with E-state index < -0.39 is 15.9 Å². The molecule has 2 amide bonds. The van der Waals surface area contributed by atoms with Gasteiger partial charge in [0.2, 0.25) is 15.9 Å². The molecule has 0 unspecified atom stereocenters. The molecular weight excluding hydrogens is 418 g/mol. The first-order chi connectivity index (χ1) is 13.6. The summed E-state index contributed by atoms with van der Waals surface area (Å²) in [4.78, 5) is 24.3. The zero-order valence-corrected chi connectivity index (χ0v) is 17.8. The molecule has 10 heteroatoms. The van der Waals surface area contributed by atoms with E-state index in [-0.39, 0.29) is 29.5 Å². The largest absolute Gasteiger partial charge is 0.495 e. The van der Waals surface area contributed by atoms with Crippen LogP contribution in [-0.4, -0.2) is 52.3 Å². The second kappa shape index (κ2) is 9.73. The molecule has 0 saturated heterocycles. The van der Waals surface area contributed by atoms with Crippen molar-refractivity contribution < 1.29 is 22.7 Å². The summed E-state index contributed by atoms with van der Waals surface area (Å²) in [7, 11) is 0.588. The van der Waals surface area contributed by atoms with Gasteiger partial charge in [-0.3, -0.25) is 9.59 Å². The number of methoxy groups -OCH3 is 1. The number of carbonyl (C=O) groups is 2. The lowest BCUT2D eigenvalue weighted by atomic mass is 10.2. The molecule has 0 heterocycles. The van der Waals surface area contributed by atoms with Crippen molar-refractivity contribution in [1.82, 2.24) is 9.62 Å². The number of benzene rings is 2. The molecule has 0 aromatic heterocycles. The smallest absolute Gasteiger partial charge is 0.251 e. The van der Waals surface area contributed by atoms with Gasteiger partial charge in [0, 0.05) is 37.6 Å². The average Bonchev–Trinajstić information content (AvgIpc) is 2.68. The number of ether oxygens (including phenoxy) is 1. The van der Waals surface area contributed by atoms with Gasteiger partial charge >= 0.3 is 0 Å². The minimum atomic E-state index is -3.66. The Kier molecular flexibility index (Phi) is 7.60. The molecule has 0 aliphatic rings. The molecule has 0 radical (unpaired) electrons. The topological polar surface area (TPSA) is 105 Å². The van der Waals surface area contributed by atoms with Gasteiger partial charge in [-0.2, -0.15) is 0 Å². The van der Waals surface area contributed by atoms with Gasteiger partial charge in [-0.25, -0.2) is 12.7 Å². The summed E-state index contributed by atoms with van der Waals surface area (Å²) < 4.78 is 30.8. The van der Waals surface area contributed by atoms with Crippen LogP contribution in [0.4, 0.5) is 5.69 Å². The van der Waals surface area contributed by atoms with Gasteiger partial charge in [0.1, 0.15) is 5.75 Å². The van der Waals surface area contributed by atoms with Crippen LogP contribution >= 0.6 is 11.6 Å². The number of sulfonamides is 1. The van der Waals surface area contributed by atoms with Crippen molar-refractivity contribution in [2.24, 2.45) is 0 Å². The van der Waals surface area contributed by atoms with E-state index in [0.29, 0.717) is 16.3 Å². The van der Waals surface area contributed by atoms with Gasteiger partial charge in [0.15, 0.2) is 0 Å². The van der Waals surface area contributed by atoms with E-state index in [4.69, 9.17) is 16.3 Å². The molecule has 0 bridgehead atoms. The summed E-state index contributed by atoms with van der Waals surface area (Å²) in [6, 6.07) is 10.6. The van der Waals surface area contributed by atoms with Crippen molar-refractivity contribution in [3.05, 3.63) is 53.1 Å². The summed E-state index contributed by atoms with van der Waals surface area (Å²) in [6.45, 7) is 0.102. The van der Waals surface area contributed by atoms with Gasteiger partial charge in [0.25, 0.3) is 5.91 Å². The van der Waals surface area contributed by atoms with Crippen molar-refractivity contribution in [3.63, 3.8) is 0 Å². The standard InChI is InChI=1S/C19H22ClN3O5S/c1-23(2)29(26,27)15-8-9-17(28-3)16(12-15)22-18(24)10-11-21-19(25)13-4-6-14(20)7-5-13/h4-9,12H,10-11H2,1-3H3,(H,21,25)(H,22,24). The maximum atomic E-state index is 12.3. The number of nitrogens with zero attached hydrogens (tertiary/aromatic N) is 1. The molecule has 156 valence electrons. The minimum absolute atomic E-state index is 0.00680. The van der Waals surface area contributed by atoms with Crippen molar-refractivity contribution >= 4 is 39.1 Å². The highest BCUT2D eigenvalue weighted by Gasteiger charge is 2.20. The molecule has 0 fully saturated rings. The maximum absolute atomic E-state index is 12.3. The molecule has 0 spiro atoms. The molecule has 2 aromatic rings. The molecule has 0 atom stereocenters. The number of rotatable bonds is 8. The highest BCUT2D eigenvalue weighted by Crippen LogP contribution is 2.28. The Morgan fingerprint density at radius 3 is 2.34 bits per heavy atom. The molecule has 2 N–H and O–H groups in total. The lowest BCUT2D eigenvalue weighted by Crippen LogP contribution is -2.27. The summed E-state index contributed by atoms with van der Waals surface area (Å²) in [5, 5.41) is 5.78. The lowest BCUT2D eigenvalue weighted by molar-refractivity contribution is -0.116. The van der Waals surface area contributed by atoms with E-state index in [1.165, 1.54) is 39.4 Å². The number of anilines is 1. The third kappa shape index (κ3) is 5.93. The number of amides is 2. The molecule has 0 aliphatic heterocycles. The van der Waals surface area contributed by atoms with Crippen molar-refractivity contribution in [3.8, 4) is 5.75 Å². The van der Waals surface area contributed by atoms with Gasteiger partial charge in [-0.15, -0.1) is 0 Å². The van der Waals surface area contributed by atoms with Crippen LogP contribution in [0.15, 0.2) is 47.4 Å². The Hall–Kier alpha value is -2.62. The van der Waals surface area contributed by atoms with Crippen LogP contribution in [0.5, 0.6) is 5.75 Å². The Bertz CT molecular complexity index is 991. The Morgan fingerprint density at radius 1 is 1.10 bits per heavy atom. The average molecular weight is 440 g/mol. The van der Waals surface area contributed by atoms with E-state index in [1.807, 2.05) is 0 Å². The molecule has 0 aliphatic carbocycles. The fourth-order valence-electron chi connectivity index (χ4n) is 2.36. The predicted molar refractivity (Wildman–Crippen MR) is 111 cm³/mol. The van der Waals surface area contributed by atoms with E-state index in [1.54, 1.807) is 24.3 Å². The second-order valence-corrected chi connectivity index (χ2v) is 8.80. The number of nitrogens with one attached hydrogen (secondary N) is 2. The Labute approximate surface area is 174 Å². The highest BCUT2D eigenvalue weighted by atomic mass is 35.5. The van der Waals surface area contributed by atoms with E-state index in [0.717, 1.165) is 4.31 Å². The molecule has 2 rings (SSSR count). The van der Waals surface area contributed by atoms with E-state index in [9.17, 15) is 18.0 Å². The molecule has 2 aromatic carbocycles. The highest BCUT2D eigenvalue weighted by molar-refractivity contribution is 7.89. The zero-order chi connectivity index (χ0) is 21.6. The van der Waals surface area contributed by atoms with Gasteiger partial charge in [-0.1, -0.05) is 11.6 Å².